The van der Waals surface area contributed by atoms with Crippen molar-refractivity contribution >= 4 is 17.5 Å². The van der Waals surface area contributed by atoms with Gasteiger partial charge >= 0.3 is 12.2 Å². The molecule has 4 rings (SSSR count). The van der Waals surface area contributed by atoms with Gasteiger partial charge in [0.05, 0.1) is 4.92 Å². The van der Waals surface area contributed by atoms with E-state index in [0.717, 1.165) is 0 Å². The number of hydrogen-bond acceptors (Lipinski definition) is 6. The van der Waals surface area contributed by atoms with E-state index in [1.54, 1.807) is 6.07 Å². The number of nitrogens with zero attached hydrogens (tertiary/aromatic N) is 1. The Bertz CT molecular complexity index is 1260. The van der Waals surface area contributed by atoms with E-state index in [9.17, 15) is 38.0 Å². The second kappa shape index (κ2) is 8.30. The number of aliphatic hydroxyl groups is 1. The fraction of sp³-hybridized carbons (Fsp3) is 0.182. The van der Waals surface area contributed by atoms with Crippen LogP contribution in [0, 0.1) is 16.0 Å². The van der Waals surface area contributed by atoms with E-state index < -0.39 is 40.6 Å². The van der Waals surface area contributed by atoms with Crippen LogP contribution in [0.5, 0.6) is 0 Å². The number of carbonyl (C=O) groups excluding carboxylic acids is 2. The molecule has 176 valence electrons. The lowest BCUT2D eigenvalue weighted by Gasteiger charge is -2.44. The van der Waals surface area contributed by atoms with Crippen LogP contribution in [0.1, 0.15) is 22.2 Å². The van der Waals surface area contributed by atoms with Crippen molar-refractivity contribution in [3.05, 3.63) is 88.2 Å². The van der Waals surface area contributed by atoms with Crippen molar-refractivity contribution in [2.45, 2.75) is 17.9 Å². The molecule has 3 N–H and O–H groups in total. The number of benzene rings is 2. The molecule has 12 heteroatoms. The Hall–Kier alpha value is -4.19. The molecule has 34 heavy (non-hydrogen) atoms. The minimum Gasteiger partial charge on any atom is -0.459 e. The Morgan fingerprint density at radius 1 is 1.09 bits per heavy atom. The van der Waals surface area contributed by atoms with E-state index in [-0.39, 0.29) is 28.3 Å². The molecule has 1 aliphatic rings. The van der Waals surface area contributed by atoms with Crippen molar-refractivity contribution in [1.29, 1.82) is 0 Å². The Labute approximate surface area is 189 Å². The molecule has 0 aliphatic carbocycles. The lowest BCUT2D eigenvalue weighted by Crippen LogP contribution is -2.72. The van der Waals surface area contributed by atoms with Crippen LogP contribution < -0.4 is 10.6 Å². The second-order valence-electron chi connectivity index (χ2n) is 7.56. The van der Waals surface area contributed by atoms with Gasteiger partial charge in [0.2, 0.25) is 5.72 Å². The van der Waals surface area contributed by atoms with Gasteiger partial charge in [-0.25, -0.2) is 4.79 Å². The van der Waals surface area contributed by atoms with E-state index >= 15 is 0 Å². The van der Waals surface area contributed by atoms with Gasteiger partial charge in [-0.2, -0.15) is 13.2 Å². The first-order valence-corrected chi connectivity index (χ1v) is 9.83. The zero-order valence-corrected chi connectivity index (χ0v) is 17.1. The molecule has 2 aromatic carbocycles. The molecule has 3 atom stereocenters. The van der Waals surface area contributed by atoms with Gasteiger partial charge in [0.1, 0.15) is 23.5 Å². The third-order valence-corrected chi connectivity index (χ3v) is 5.42. The van der Waals surface area contributed by atoms with E-state index in [0.29, 0.717) is 0 Å². The molecular weight excluding hydrogens is 459 g/mol. The predicted octanol–water partition coefficient (Wildman–Crippen LogP) is 3.96. The van der Waals surface area contributed by atoms with Gasteiger partial charge < -0.3 is 20.2 Å². The lowest BCUT2D eigenvalue weighted by atomic mass is 9.79. The SMILES string of the molecule is O=C1NC(c2ccc(-c3cccc([N+](=O)[O-])c3)o2)C(C(=O)c2ccccc2)C(O)(C(F)(F)F)N1. The highest BCUT2D eigenvalue weighted by Crippen LogP contribution is 2.44. The summed E-state index contributed by atoms with van der Waals surface area (Å²) in [6.45, 7) is 0. The number of Topliss-reactive ketones (excluding diaryl/α,β-unsaturated/α-hetero) is 1. The predicted molar refractivity (Wildman–Crippen MR) is 110 cm³/mol. The van der Waals surface area contributed by atoms with Crippen LogP contribution in [0.25, 0.3) is 11.3 Å². The first-order chi connectivity index (χ1) is 16.0. The molecule has 2 amide bonds. The zero-order valence-electron chi connectivity index (χ0n) is 17.1. The standard InChI is InChI=1S/C22H16F3N3O6/c23-22(24,25)21(31)17(19(29)12-5-2-1-3-6-12)18(26-20(30)27-21)16-10-9-15(34-16)13-7-4-8-14(11-13)28(32)33/h1-11,17-18,31H,(H2,26,27,30). The van der Waals surface area contributed by atoms with Crippen LogP contribution >= 0.6 is 0 Å². The summed E-state index contributed by atoms with van der Waals surface area (Å²) < 4.78 is 47.5. The van der Waals surface area contributed by atoms with Crippen LogP contribution in [0.4, 0.5) is 23.7 Å². The normalized spacial score (nSPS) is 22.5. The van der Waals surface area contributed by atoms with Crippen molar-refractivity contribution < 1.29 is 37.2 Å². The zero-order chi connectivity index (χ0) is 24.7. The first kappa shape index (κ1) is 23.0. The monoisotopic (exact) mass is 475 g/mol. The van der Waals surface area contributed by atoms with Gasteiger partial charge in [-0.05, 0) is 12.1 Å². The quantitative estimate of drug-likeness (QED) is 0.291. The maximum Gasteiger partial charge on any atom is 0.437 e. The Balaban J connectivity index is 1.80. The number of carbonyl (C=O) groups is 2. The lowest BCUT2D eigenvalue weighted by molar-refractivity contribution is -0.384. The van der Waals surface area contributed by atoms with Crippen LogP contribution in [0.15, 0.2) is 71.1 Å². The molecule has 1 fully saturated rings. The number of halogens is 3. The Kier molecular flexibility index (Phi) is 5.61. The van der Waals surface area contributed by atoms with Crippen LogP contribution in [0.3, 0.4) is 0 Å². The number of hydrogen-bond donors (Lipinski definition) is 3. The third-order valence-electron chi connectivity index (χ3n) is 5.42. The average molecular weight is 475 g/mol. The maximum atomic E-state index is 14.0. The van der Waals surface area contributed by atoms with Crippen molar-refractivity contribution in [2.75, 3.05) is 0 Å². The van der Waals surface area contributed by atoms with Gasteiger partial charge in [-0.15, -0.1) is 0 Å². The number of nitro groups is 1. The molecule has 1 aliphatic heterocycles. The van der Waals surface area contributed by atoms with Crippen molar-refractivity contribution in [1.82, 2.24) is 10.6 Å². The van der Waals surface area contributed by atoms with Gasteiger partial charge in [-0.1, -0.05) is 42.5 Å². The molecule has 1 aromatic heterocycles. The van der Waals surface area contributed by atoms with Gasteiger partial charge in [0.15, 0.2) is 5.78 Å². The van der Waals surface area contributed by atoms with E-state index in [2.05, 4.69) is 5.32 Å². The number of rotatable bonds is 5. The molecule has 0 spiro atoms. The fourth-order valence-corrected chi connectivity index (χ4v) is 3.81. The molecule has 0 radical (unpaired) electrons. The summed E-state index contributed by atoms with van der Waals surface area (Å²) in [5.74, 6) is -3.55. The maximum absolute atomic E-state index is 14.0. The van der Waals surface area contributed by atoms with Gasteiger partial charge in [-0.3, -0.25) is 14.9 Å². The summed E-state index contributed by atoms with van der Waals surface area (Å²) in [6, 6.07) is 11.8. The van der Waals surface area contributed by atoms with Crippen molar-refractivity contribution in [2.24, 2.45) is 5.92 Å². The molecule has 3 unspecified atom stereocenters. The third kappa shape index (κ3) is 3.99. The first-order valence-electron chi connectivity index (χ1n) is 9.83. The summed E-state index contributed by atoms with van der Waals surface area (Å²) in [6.07, 6.45) is -5.41. The second-order valence-corrected chi connectivity index (χ2v) is 7.56. The number of non-ortho nitro benzene ring substituents is 1. The molecule has 1 saturated heterocycles. The molecule has 0 bridgehead atoms. The smallest absolute Gasteiger partial charge is 0.437 e. The summed E-state index contributed by atoms with van der Waals surface area (Å²) in [5.41, 5.74) is -4.01. The number of nitro benzene ring substituents is 1. The summed E-state index contributed by atoms with van der Waals surface area (Å²) in [5, 5.41) is 25.3. The summed E-state index contributed by atoms with van der Waals surface area (Å²) in [4.78, 5) is 35.7. The molecule has 3 aromatic rings. The number of nitrogens with one attached hydrogen (secondary N) is 2. The Morgan fingerprint density at radius 3 is 2.44 bits per heavy atom. The summed E-state index contributed by atoms with van der Waals surface area (Å²) >= 11 is 0. The van der Waals surface area contributed by atoms with Crippen LogP contribution in [0.2, 0.25) is 0 Å². The number of amides is 2. The number of furan rings is 1. The average Bonchev–Trinajstić information content (AvgIpc) is 3.28. The van der Waals surface area contributed by atoms with E-state index in [4.69, 9.17) is 4.42 Å². The highest BCUT2D eigenvalue weighted by Gasteiger charge is 2.66. The van der Waals surface area contributed by atoms with Crippen molar-refractivity contribution in [3.63, 3.8) is 0 Å². The van der Waals surface area contributed by atoms with Gasteiger partial charge in [0.25, 0.3) is 5.69 Å². The minimum absolute atomic E-state index is 0.0490. The molecule has 0 saturated carbocycles. The Morgan fingerprint density at radius 2 is 1.79 bits per heavy atom. The summed E-state index contributed by atoms with van der Waals surface area (Å²) in [7, 11) is 0. The number of urea groups is 1. The topological polar surface area (TPSA) is 135 Å². The highest BCUT2D eigenvalue weighted by molar-refractivity contribution is 6.00. The molecule has 2 heterocycles. The fourth-order valence-electron chi connectivity index (χ4n) is 3.81. The van der Waals surface area contributed by atoms with Crippen molar-refractivity contribution in [3.8, 4) is 11.3 Å². The molecule has 9 nitrogen and oxygen atoms in total. The highest BCUT2D eigenvalue weighted by atomic mass is 19.4. The largest absolute Gasteiger partial charge is 0.459 e. The minimum atomic E-state index is -5.41. The van der Waals surface area contributed by atoms with E-state index in [1.807, 2.05) is 0 Å². The van der Waals surface area contributed by atoms with E-state index in [1.165, 1.54) is 66.0 Å². The number of alkyl halides is 3. The number of ketones is 1. The van der Waals surface area contributed by atoms with Crippen LogP contribution in [-0.4, -0.2) is 33.7 Å². The van der Waals surface area contributed by atoms with Crippen LogP contribution in [-0.2, 0) is 0 Å². The molecular formula is C22H16F3N3O6. The van der Waals surface area contributed by atoms with Gasteiger partial charge in [0, 0.05) is 23.3 Å².